The first-order valence-electron chi connectivity index (χ1n) is 19.4. The SMILES string of the molecule is COc1ccc([C@@]23C(=O)N(Nc4ccc(Cl)cc4Cl)C(=O)[C@@H]2C[C@@H]2C(=CC[C@@H]4C(=O)N(c5ccc(C(=O)c6ccccc6)cc5)C(=O)[C@@H]42)[C@@H]3c2cccc(OC)c2O)cc1. The molecule has 2 saturated heterocycles. The van der Waals surface area contributed by atoms with Crippen LogP contribution in [0, 0.1) is 23.7 Å². The van der Waals surface area contributed by atoms with E-state index in [2.05, 4.69) is 5.43 Å². The van der Waals surface area contributed by atoms with Gasteiger partial charge in [0, 0.05) is 27.6 Å². The number of ketones is 1. The van der Waals surface area contributed by atoms with Crippen molar-refractivity contribution in [2.75, 3.05) is 24.5 Å². The van der Waals surface area contributed by atoms with Crippen molar-refractivity contribution in [1.82, 2.24) is 5.01 Å². The van der Waals surface area contributed by atoms with Gasteiger partial charge in [0.25, 0.3) is 11.8 Å². The average Bonchev–Trinajstić information content (AvgIpc) is 3.65. The third-order valence-corrected chi connectivity index (χ3v) is 13.1. The molecule has 13 heteroatoms. The number of phenolic OH excluding ortho intramolecular Hbond substituents is 1. The van der Waals surface area contributed by atoms with Gasteiger partial charge in [0.05, 0.1) is 53.8 Å². The summed E-state index contributed by atoms with van der Waals surface area (Å²) in [5, 5.41) is 13.4. The molecule has 4 aliphatic rings. The van der Waals surface area contributed by atoms with Crippen LogP contribution in [-0.2, 0) is 24.6 Å². The van der Waals surface area contributed by atoms with Crippen molar-refractivity contribution in [2.45, 2.75) is 24.2 Å². The maximum Gasteiger partial charge on any atom is 0.260 e. The minimum absolute atomic E-state index is 0.0226. The molecule has 60 heavy (non-hydrogen) atoms. The zero-order valence-corrected chi connectivity index (χ0v) is 33.8. The molecule has 2 aliphatic heterocycles. The number of ether oxygens (including phenoxy) is 2. The Bertz CT molecular complexity index is 2630. The van der Waals surface area contributed by atoms with Crippen LogP contribution in [-0.4, -0.2) is 53.7 Å². The molecule has 0 spiro atoms. The highest BCUT2D eigenvalue weighted by atomic mass is 35.5. The fourth-order valence-electron chi connectivity index (χ4n) is 9.90. The summed E-state index contributed by atoms with van der Waals surface area (Å²) in [5.41, 5.74) is 4.21. The Hall–Kier alpha value is -6.43. The Morgan fingerprint density at radius 3 is 2.18 bits per heavy atom. The van der Waals surface area contributed by atoms with E-state index in [9.17, 15) is 19.5 Å². The average molecular weight is 843 g/mol. The van der Waals surface area contributed by atoms with E-state index in [0.29, 0.717) is 44.3 Å². The molecule has 2 heterocycles. The van der Waals surface area contributed by atoms with Crippen molar-refractivity contribution in [3.8, 4) is 17.2 Å². The molecule has 1 saturated carbocycles. The van der Waals surface area contributed by atoms with Gasteiger partial charge in [0.2, 0.25) is 11.8 Å². The number of anilines is 2. The molecule has 0 unspecified atom stereocenters. The summed E-state index contributed by atoms with van der Waals surface area (Å²) < 4.78 is 11.0. The number of carbonyl (C=O) groups excluding carboxylic acids is 5. The maximum atomic E-state index is 15.5. The number of fused-ring (bicyclic) bond motifs is 4. The summed E-state index contributed by atoms with van der Waals surface area (Å²) in [6, 6.07) is 31.7. The minimum Gasteiger partial charge on any atom is -0.504 e. The van der Waals surface area contributed by atoms with Crippen molar-refractivity contribution in [3.63, 3.8) is 0 Å². The molecule has 0 aromatic heterocycles. The van der Waals surface area contributed by atoms with Gasteiger partial charge >= 0.3 is 0 Å². The number of halogens is 2. The second-order valence-electron chi connectivity index (χ2n) is 15.4. The van der Waals surface area contributed by atoms with Gasteiger partial charge in [-0.15, -0.1) is 0 Å². The van der Waals surface area contributed by atoms with E-state index < -0.39 is 58.6 Å². The number of allylic oxidation sites excluding steroid dienone is 2. The van der Waals surface area contributed by atoms with Crippen molar-refractivity contribution < 1.29 is 38.6 Å². The number of nitrogens with zero attached hydrogens (tertiary/aromatic N) is 2. The van der Waals surface area contributed by atoms with E-state index in [1.54, 1.807) is 103 Å². The zero-order valence-electron chi connectivity index (χ0n) is 32.3. The summed E-state index contributed by atoms with van der Waals surface area (Å²) in [5.74, 6) is -6.28. The number of hydrazine groups is 1. The van der Waals surface area contributed by atoms with E-state index in [1.807, 2.05) is 12.1 Å². The number of nitrogens with one attached hydrogen (secondary N) is 1. The van der Waals surface area contributed by atoms with E-state index in [1.165, 1.54) is 25.2 Å². The monoisotopic (exact) mass is 841 g/mol. The lowest BCUT2D eigenvalue weighted by molar-refractivity contribution is -0.138. The van der Waals surface area contributed by atoms with Crippen LogP contribution in [0.25, 0.3) is 0 Å². The van der Waals surface area contributed by atoms with Crippen molar-refractivity contribution >= 4 is 64.0 Å². The van der Waals surface area contributed by atoms with Crippen LogP contribution in [0.3, 0.4) is 0 Å². The Balaban J connectivity index is 1.18. The number of methoxy groups -OCH3 is 2. The number of para-hydroxylation sites is 1. The van der Waals surface area contributed by atoms with Crippen LogP contribution in [0.5, 0.6) is 17.2 Å². The minimum atomic E-state index is -1.68. The zero-order chi connectivity index (χ0) is 42.0. The normalized spacial score (nSPS) is 24.4. The van der Waals surface area contributed by atoms with Gasteiger partial charge in [-0.3, -0.25) is 34.3 Å². The fraction of sp³-hybridized carbons (Fsp3) is 0.213. The molecular weight excluding hydrogens is 805 g/mol. The Morgan fingerprint density at radius 2 is 1.50 bits per heavy atom. The van der Waals surface area contributed by atoms with Gasteiger partial charge in [-0.05, 0) is 85.0 Å². The van der Waals surface area contributed by atoms with Crippen LogP contribution >= 0.6 is 23.2 Å². The van der Waals surface area contributed by atoms with E-state index in [-0.39, 0.29) is 40.8 Å². The Labute approximate surface area is 355 Å². The third-order valence-electron chi connectivity index (χ3n) is 12.6. The number of benzene rings is 5. The van der Waals surface area contributed by atoms with Gasteiger partial charge in [-0.2, -0.15) is 5.01 Å². The highest BCUT2D eigenvalue weighted by Crippen LogP contribution is 2.65. The summed E-state index contributed by atoms with van der Waals surface area (Å²) in [7, 11) is 2.94. The highest BCUT2D eigenvalue weighted by Gasteiger charge is 2.70. The molecular formula is C47H37Cl2N3O8. The van der Waals surface area contributed by atoms with Crippen LogP contribution in [0.15, 0.2) is 127 Å². The van der Waals surface area contributed by atoms with E-state index in [0.717, 1.165) is 5.01 Å². The second kappa shape index (κ2) is 15.0. The molecule has 2 N–H and O–H groups in total. The van der Waals surface area contributed by atoms with Gasteiger partial charge in [-0.25, -0.2) is 0 Å². The smallest absolute Gasteiger partial charge is 0.260 e. The number of phenols is 1. The van der Waals surface area contributed by atoms with Crippen molar-refractivity contribution in [2.24, 2.45) is 23.7 Å². The summed E-state index contributed by atoms with van der Waals surface area (Å²) >= 11 is 12.8. The summed E-state index contributed by atoms with van der Waals surface area (Å²) in [4.78, 5) is 74.1. The third kappa shape index (κ3) is 5.90. The van der Waals surface area contributed by atoms with E-state index in [4.69, 9.17) is 32.7 Å². The molecule has 5 aromatic carbocycles. The van der Waals surface area contributed by atoms with Gasteiger partial charge < -0.3 is 14.6 Å². The van der Waals surface area contributed by atoms with Crippen LogP contribution in [0.1, 0.15) is 45.8 Å². The number of rotatable bonds is 9. The Kier molecular flexibility index (Phi) is 9.76. The quantitative estimate of drug-likeness (QED) is 0.0855. The largest absolute Gasteiger partial charge is 0.504 e. The first-order valence-corrected chi connectivity index (χ1v) is 20.1. The number of hydrogen-bond donors (Lipinski definition) is 2. The summed E-state index contributed by atoms with van der Waals surface area (Å²) in [6.07, 6.45) is 2.09. The predicted molar refractivity (Wildman–Crippen MR) is 224 cm³/mol. The standard InChI is InChI=1S/C47H37Cl2N3O8/c1-59-30-18-13-27(14-19-30)47-35(44(56)52(46(47)58)50-37-22-15-28(48)23-36(37)49)24-34-31(40(47)33-9-6-10-38(60-2)42(33)54)20-21-32-39(34)45(57)51(43(32)55)29-16-11-26(12-17-29)41(53)25-7-4-3-5-8-25/h3-20,22-23,32,34-35,39-40,50,54H,21,24H2,1-2H3/t32-,34+,35-,39-,40+,47+/m0/s1. The van der Waals surface area contributed by atoms with Gasteiger partial charge in [-0.1, -0.05) is 89.4 Å². The first-order chi connectivity index (χ1) is 29.0. The highest BCUT2D eigenvalue weighted by molar-refractivity contribution is 6.36. The lowest BCUT2D eigenvalue weighted by atomic mass is 9.49. The van der Waals surface area contributed by atoms with Crippen LogP contribution in [0.2, 0.25) is 10.0 Å². The number of amides is 4. The molecule has 302 valence electrons. The molecule has 3 fully saturated rings. The van der Waals surface area contributed by atoms with E-state index >= 15 is 9.59 Å². The maximum absolute atomic E-state index is 15.5. The lowest BCUT2D eigenvalue weighted by Crippen LogP contribution is -2.53. The first kappa shape index (κ1) is 39.1. The van der Waals surface area contributed by atoms with Crippen LogP contribution in [0.4, 0.5) is 11.4 Å². The van der Waals surface area contributed by atoms with Crippen molar-refractivity contribution in [1.29, 1.82) is 0 Å². The summed E-state index contributed by atoms with van der Waals surface area (Å²) in [6.45, 7) is 0. The lowest BCUT2D eigenvalue weighted by Gasteiger charge is -2.50. The number of carbonyl (C=O) groups is 5. The Morgan fingerprint density at radius 1 is 0.783 bits per heavy atom. The van der Waals surface area contributed by atoms with Crippen molar-refractivity contribution in [3.05, 3.63) is 159 Å². The second-order valence-corrected chi connectivity index (χ2v) is 16.2. The van der Waals surface area contributed by atoms with Crippen LogP contribution < -0.4 is 19.8 Å². The molecule has 0 bridgehead atoms. The number of aromatic hydroxyl groups is 1. The molecule has 6 atom stereocenters. The molecule has 2 aliphatic carbocycles. The molecule has 11 nitrogen and oxygen atoms in total. The molecule has 5 aromatic rings. The molecule has 4 amide bonds. The molecule has 9 rings (SSSR count). The predicted octanol–water partition coefficient (Wildman–Crippen LogP) is 8.14. The van der Waals surface area contributed by atoms with Gasteiger partial charge in [0.1, 0.15) is 5.75 Å². The molecule has 0 radical (unpaired) electrons. The fourth-order valence-corrected chi connectivity index (χ4v) is 10.3. The van der Waals surface area contributed by atoms with Gasteiger partial charge in [0.15, 0.2) is 17.3 Å². The number of imide groups is 2. The number of hydrogen-bond acceptors (Lipinski definition) is 9. The topological polar surface area (TPSA) is 143 Å².